The van der Waals surface area contributed by atoms with Crippen molar-refractivity contribution in [3.63, 3.8) is 0 Å². The fourth-order valence-electron chi connectivity index (χ4n) is 1.77. The summed E-state index contributed by atoms with van der Waals surface area (Å²) in [7, 11) is 0. The van der Waals surface area contributed by atoms with Crippen molar-refractivity contribution >= 4 is 5.97 Å². The molecule has 2 rings (SSSR count). The number of hydrogen-bond acceptors (Lipinski definition) is 2. The minimum Gasteiger partial charge on any atom is -0.481 e. The van der Waals surface area contributed by atoms with Gasteiger partial charge in [-0.15, -0.1) is 0 Å². The number of rotatable bonds is 3. The summed E-state index contributed by atoms with van der Waals surface area (Å²) in [6.07, 6.45) is 3.05. The first kappa shape index (κ1) is 9.05. The van der Waals surface area contributed by atoms with Gasteiger partial charge in [0.2, 0.25) is 0 Å². The highest BCUT2D eigenvalue weighted by Gasteiger charge is 2.25. The normalized spacial score (nSPS) is 16.6. The number of nitrogens with one attached hydrogen (secondary N) is 2. The van der Waals surface area contributed by atoms with E-state index in [-0.39, 0.29) is 12.0 Å². The number of carbonyl (C=O) groups is 1. The lowest BCUT2D eigenvalue weighted by Crippen LogP contribution is -2.16. The molecule has 0 saturated heterocycles. The highest BCUT2D eigenvalue weighted by Crippen LogP contribution is 2.36. The van der Waals surface area contributed by atoms with Crippen LogP contribution in [0, 0.1) is 0 Å². The third-order valence-corrected chi connectivity index (χ3v) is 2.75. The molecule has 1 fully saturated rings. The molecule has 0 spiro atoms. The zero-order chi connectivity index (χ0) is 10.1. The van der Waals surface area contributed by atoms with Crippen molar-refractivity contribution in [3.8, 4) is 0 Å². The summed E-state index contributed by atoms with van der Waals surface area (Å²) in [6.45, 7) is 0. The standard InChI is InChI=1S/C9H12N2O3/c12-7(13)4-6-8(5-2-1-3-5)10-11-9(6)14/h5H,1-4H2,(H,12,13)(H2,10,11,14). The Kier molecular flexibility index (Phi) is 2.15. The molecule has 3 N–H and O–H groups in total. The Hall–Kier alpha value is -1.52. The zero-order valence-electron chi connectivity index (χ0n) is 7.67. The molecule has 1 heterocycles. The highest BCUT2D eigenvalue weighted by atomic mass is 16.4. The molecule has 0 aliphatic heterocycles. The lowest BCUT2D eigenvalue weighted by atomic mass is 9.81. The Balaban J connectivity index is 2.30. The first-order valence-electron chi connectivity index (χ1n) is 4.69. The van der Waals surface area contributed by atoms with Crippen LogP contribution in [0.1, 0.15) is 36.4 Å². The minimum absolute atomic E-state index is 0.190. The van der Waals surface area contributed by atoms with E-state index in [1.807, 2.05) is 0 Å². The van der Waals surface area contributed by atoms with Crippen LogP contribution in [0.15, 0.2) is 4.79 Å². The van der Waals surface area contributed by atoms with Gasteiger partial charge in [0.25, 0.3) is 5.56 Å². The summed E-state index contributed by atoms with van der Waals surface area (Å²) in [5.41, 5.74) is 0.889. The number of carboxylic acids is 1. The van der Waals surface area contributed by atoms with Gasteiger partial charge in [0.1, 0.15) is 0 Å². The summed E-state index contributed by atoms with van der Waals surface area (Å²) in [6, 6.07) is 0. The Labute approximate surface area is 80.1 Å². The van der Waals surface area contributed by atoms with E-state index in [0.717, 1.165) is 25.0 Å². The van der Waals surface area contributed by atoms with Gasteiger partial charge in [-0.25, -0.2) is 0 Å². The topological polar surface area (TPSA) is 85.9 Å². The molecule has 14 heavy (non-hydrogen) atoms. The molecule has 1 saturated carbocycles. The number of aromatic amines is 2. The third-order valence-electron chi connectivity index (χ3n) is 2.75. The predicted octanol–water partition coefficient (Wildman–Crippen LogP) is 0.598. The number of hydrogen-bond donors (Lipinski definition) is 3. The number of H-pyrrole nitrogens is 2. The Morgan fingerprint density at radius 2 is 2.14 bits per heavy atom. The van der Waals surface area contributed by atoms with Crippen molar-refractivity contribution in [1.29, 1.82) is 0 Å². The monoisotopic (exact) mass is 196 g/mol. The Bertz CT molecular complexity index is 400. The molecule has 1 aliphatic rings. The summed E-state index contributed by atoms with van der Waals surface area (Å²) in [5.74, 6) is -0.612. The molecule has 0 unspecified atom stereocenters. The first-order valence-corrected chi connectivity index (χ1v) is 4.69. The van der Waals surface area contributed by atoms with Crippen LogP contribution in [0.2, 0.25) is 0 Å². The van der Waals surface area contributed by atoms with Gasteiger partial charge in [-0.2, -0.15) is 0 Å². The van der Waals surface area contributed by atoms with E-state index in [1.165, 1.54) is 0 Å². The van der Waals surface area contributed by atoms with Crippen LogP contribution in [0.3, 0.4) is 0 Å². The van der Waals surface area contributed by atoms with Gasteiger partial charge in [0.05, 0.1) is 12.0 Å². The molecule has 76 valence electrons. The van der Waals surface area contributed by atoms with E-state index < -0.39 is 5.97 Å². The average Bonchev–Trinajstić information content (AvgIpc) is 2.32. The highest BCUT2D eigenvalue weighted by molar-refractivity contribution is 5.70. The lowest BCUT2D eigenvalue weighted by Gasteiger charge is -2.24. The maximum Gasteiger partial charge on any atom is 0.308 e. The fraction of sp³-hybridized carbons (Fsp3) is 0.556. The van der Waals surface area contributed by atoms with Crippen molar-refractivity contribution in [2.45, 2.75) is 31.6 Å². The van der Waals surface area contributed by atoms with E-state index in [9.17, 15) is 9.59 Å². The van der Waals surface area contributed by atoms with Crippen molar-refractivity contribution < 1.29 is 9.90 Å². The van der Waals surface area contributed by atoms with Gasteiger partial charge in [-0.05, 0) is 12.8 Å². The first-order chi connectivity index (χ1) is 6.68. The molecule has 0 atom stereocenters. The molecule has 5 nitrogen and oxygen atoms in total. The smallest absolute Gasteiger partial charge is 0.308 e. The summed E-state index contributed by atoms with van der Waals surface area (Å²) in [5, 5.41) is 13.9. The second kappa shape index (κ2) is 3.32. The van der Waals surface area contributed by atoms with Crippen LogP contribution < -0.4 is 5.56 Å². The SMILES string of the molecule is O=C(O)Cc1c(C2CCC2)[nH][nH]c1=O. The van der Waals surface area contributed by atoms with Gasteiger partial charge in [-0.3, -0.25) is 14.7 Å². The second-order valence-electron chi connectivity index (χ2n) is 3.67. The zero-order valence-corrected chi connectivity index (χ0v) is 7.67. The molecule has 1 aromatic heterocycles. The van der Waals surface area contributed by atoms with Crippen molar-refractivity contribution in [3.05, 3.63) is 21.6 Å². The van der Waals surface area contributed by atoms with Gasteiger partial charge < -0.3 is 10.2 Å². The van der Waals surface area contributed by atoms with Gasteiger partial charge in [0, 0.05) is 11.6 Å². The van der Waals surface area contributed by atoms with Gasteiger partial charge >= 0.3 is 5.97 Å². The van der Waals surface area contributed by atoms with E-state index in [0.29, 0.717) is 11.5 Å². The second-order valence-corrected chi connectivity index (χ2v) is 3.67. The molecule has 0 amide bonds. The predicted molar refractivity (Wildman–Crippen MR) is 49.3 cm³/mol. The molecule has 1 aromatic rings. The van der Waals surface area contributed by atoms with E-state index >= 15 is 0 Å². The van der Waals surface area contributed by atoms with Crippen LogP contribution in [-0.4, -0.2) is 21.3 Å². The third kappa shape index (κ3) is 1.45. The largest absolute Gasteiger partial charge is 0.481 e. The molecule has 1 aliphatic carbocycles. The van der Waals surface area contributed by atoms with Crippen LogP contribution in [0.5, 0.6) is 0 Å². The van der Waals surface area contributed by atoms with E-state index in [1.54, 1.807) is 0 Å². The Morgan fingerprint density at radius 1 is 1.43 bits per heavy atom. The quantitative estimate of drug-likeness (QED) is 0.661. The molecule has 0 bridgehead atoms. The van der Waals surface area contributed by atoms with Gasteiger partial charge in [0.15, 0.2) is 0 Å². The van der Waals surface area contributed by atoms with Crippen LogP contribution in [-0.2, 0) is 11.2 Å². The molecule has 0 aromatic carbocycles. The minimum atomic E-state index is -0.962. The number of aromatic nitrogens is 2. The molecular weight excluding hydrogens is 184 g/mol. The summed E-state index contributed by atoms with van der Waals surface area (Å²) >= 11 is 0. The van der Waals surface area contributed by atoms with Crippen molar-refractivity contribution in [2.24, 2.45) is 0 Å². The van der Waals surface area contributed by atoms with Crippen LogP contribution in [0.4, 0.5) is 0 Å². The number of carboxylic acid groups (broad SMARTS) is 1. The molecular formula is C9H12N2O3. The van der Waals surface area contributed by atoms with Crippen LogP contribution >= 0.6 is 0 Å². The van der Waals surface area contributed by atoms with Gasteiger partial charge in [-0.1, -0.05) is 6.42 Å². The lowest BCUT2D eigenvalue weighted by molar-refractivity contribution is -0.136. The van der Waals surface area contributed by atoms with E-state index in [2.05, 4.69) is 10.2 Å². The Morgan fingerprint density at radius 3 is 2.64 bits per heavy atom. The van der Waals surface area contributed by atoms with Crippen molar-refractivity contribution in [2.75, 3.05) is 0 Å². The van der Waals surface area contributed by atoms with E-state index in [4.69, 9.17) is 5.11 Å². The van der Waals surface area contributed by atoms with Crippen molar-refractivity contribution in [1.82, 2.24) is 10.2 Å². The maximum absolute atomic E-state index is 11.3. The maximum atomic E-state index is 11.3. The molecule has 5 heteroatoms. The average molecular weight is 196 g/mol. The van der Waals surface area contributed by atoms with Crippen LogP contribution in [0.25, 0.3) is 0 Å². The fourth-order valence-corrected chi connectivity index (χ4v) is 1.77. The number of aliphatic carboxylic acids is 1. The molecule has 0 radical (unpaired) electrons. The summed E-state index contributed by atoms with van der Waals surface area (Å²) < 4.78 is 0. The summed E-state index contributed by atoms with van der Waals surface area (Å²) in [4.78, 5) is 21.8.